The molecule has 3 nitrogen and oxygen atoms in total. The first-order chi connectivity index (χ1) is 8.81. The summed E-state index contributed by atoms with van der Waals surface area (Å²) in [7, 11) is 0. The van der Waals surface area contributed by atoms with Gasteiger partial charge < -0.3 is 5.73 Å². The fourth-order valence-corrected chi connectivity index (χ4v) is 3.34. The minimum Gasteiger partial charge on any atom is -0.375 e. The van der Waals surface area contributed by atoms with E-state index in [0.29, 0.717) is 5.13 Å². The summed E-state index contributed by atoms with van der Waals surface area (Å²) in [5.41, 5.74) is 7.72. The molecule has 1 aromatic carbocycles. The molecule has 2 aromatic heterocycles. The lowest BCUT2D eigenvalue weighted by atomic mass is 10.2. The van der Waals surface area contributed by atoms with Crippen LogP contribution in [0.2, 0.25) is 0 Å². The summed E-state index contributed by atoms with van der Waals surface area (Å²) in [6, 6.07) is 12.3. The van der Waals surface area contributed by atoms with Gasteiger partial charge in [-0.25, -0.2) is 4.98 Å². The molecule has 0 aliphatic carbocycles. The molecule has 3 aromatic rings. The first kappa shape index (κ1) is 11.5. The van der Waals surface area contributed by atoms with E-state index >= 15 is 0 Å². The van der Waals surface area contributed by atoms with E-state index in [4.69, 9.17) is 5.73 Å². The molecule has 0 radical (unpaired) electrons. The number of hydrogen-bond donors (Lipinski definition) is 1. The molecule has 0 aliphatic heterocycles. The van der Waals surface area contributed by atoms with Crippen LogP contribution in [0.3, 0.4) is 0 Å². The van der Waals surface area contributed by atoms with Crippen molar-refractivity contribution < 1.29 is 0 Å². The molecule has 0 spiro atoms. The molecular formula is C13H11N3S2. The Bertz CT molecular complexity index is 679. The highest BCUT2D eigenvalue weighted by Crippen LogP contribution is 2.29. The monoisotopic (exact) mass is 273 g/mol. The molecule has 0 unspecified atom stereocenters. The Balaban J connectivity index is 1.78. The predicted molar refractivity (Wildman–Crippen MR) is 77.8 cm³/mol. The topological polar surface area (TPSA) is 51.8 Å². The summed E-state index contributed by atoms with van der Waals surface area (Å²) >= 11 is 3.23. The van der Waals surface area contributed by atoms with E-state index in [1.165, 1.54) is 16.7 Å². The van der Waals surface area contributed by atoms with Crippen LogP contribution in [-0.2, 0) is 5.75 Å². The summed E-state index contributed by atoms with van der Waals surface area (Å²) in [6.45, 7) is 0. The Morgan fingerprint density at radius 3 is 2.89 bits per heavy atom. The van der Waals surface area contributed by atoms with Crippen LogP contribution in [0.25, 0.3) is 10.9 Å². The largest absolute Gasteiger partial charge is 0.375 e. The maximum absolute atomic E-state index is 5.60. The van der Waals surface area contributed by atoms with Crippen molar-refractivity contribution in [2.24, 2.45) is 0 Å². The molecule has 5 heteroatoms. The van der Waals surface area contributed by atoms with Crippen LogP contribution in [0.4, 0.5) is 5.13 Å². The number of fused-ring (bicyclic) bond motifs is 1. The van der Waals surface area contributed by atoms with E-state index in [1.54, 1.807) is 11.8 Å². The molecule has 2 N–H and O–H groups in total. The van der Waals surface area contributed by atoms with Gasteiger partial charge in [0, 0.05) is 11.1 Å². The van der Waals surface area contributed by atoms with Crippen LogP contribution in [0.5, 0.6) is 0 Å². The number of nitrogen functional groups attached to an aromatic ring is 1. The third kappa shape index (κ3) is 2.47. The van der Waals surface area contributed by atoms with Gasteiger partial charge in [-0.3, -0.25) is 4.98 Å². The smallest absolute Gasteiger partial charge is 0.181 e. The number of benzene rings is 1. The quantitative estimate of drug-likeness (QED) is 0.741. The van der Waals surface area contributed by atoms with Gasteiger partial charge >= 0.3 is 0 Å². The molecule has 0 saturated heterocycles. The number of nitrogens with two attached hydrogens (primary N) is 1. The number of nitrogens with zero attached hydrogens (tertiary/aromatic N) is 2. The van der Waals surface area contributed by atoms with Crippen molar-refractivity contribution in [1.82, 2.24) is 9.97 Å². The summed E-state index contributed by atoms with van der Waals surface area (Å²) in [5.74, 6) is 0.840. The van der Waals surface area contributed by atoms with Gasteiger partial charge in [-0.05, 0) is 12.1 Å². The number of para-hydroxylation sites is 1. The van der Waals surface area contributed by atoms with Gasteiger partial charge in [-0.15, -0.1) is 11.8 Å². The van der Waals surface area contributed by atoms with E-state index in [-0.39, 0.29) is 0 Å². The second-order valence-corrected chi connectivity index (χ2v) is 6.14. The lowest BCUT2D eigenvalue weighted by Crippen LogP contribution is -1.87. The Kier molecular flexibility index (Phi) is 3.17. The van der Waals surface area contributed by atoms with Crippen LogP contribution in [-0.4, -0.2) is 9.97 Å². The third-order valence-corrected chi connectivity index (χ3v) is 4.58. The van der Waals surface area contributed by atoms with Crippen LogP contribution in [0, 0.1) is 0 Å². The first-order valence-corrected chi connectivity index (χ1v) is 7.30. The third-order valence-electron chi connectivity index (χ3n) is 2.52. The van der Waals surface area contributed by atoms with Crippen molar-refractivity contribution >= 4 is 39.1 Å². The number of rotatable bonds is 3. The van der Waals surface area contributed by atoms with E-state index in [9.17, 15) is 0 Å². The zero-order valence-electron chi connectivity index (χ0n) is 9.54. The standard InChI is InChI=1S/C13H11N3S2/c14-13-15-7-12(18-13)17-8-10-6-5-9-3-1-2-4-11(9)16-10/h1-7H,8H2,(H2,14,15). The number of thiazole rings is 1. The Morgan fingerprint density at radius 2 is 2.06 bits per heavy atom. The minimum absolute atomic E-state index is 0.615. The Labute approximate surface area is 113 Å². The number of pyridine rings is 1. The van der Waals surface area contributed by atoms with E-state index in [0.717, 1.165) is 21.2 Å². The molecule has 0 atom stereocenters. The molecule has 18 heavy (non-hydrogen) atoms. The van der Waals surface area contributed by atoms with Crippen LogP contribution in [0.1, 0.15) is 5.69 Å². The van der Waals surface area contributed by atoms with Crippen molar-refractivity contribution in [1.29, 1.82) is 0 Å². The van der Waals surface area contributed by atoms with Gasteiger partial charge in [0.25, 0.3) is 0 Å². The summed E-state index contributed by atoms with van der Waals surface area (Å²) in [4.78, 5) is 8.66. The maximum atomic E-state index is 5.60. The minimum atomic E-state index is 0.615. The number of aromatic nitrogens is 2. The van der Waals surface area contributed by atoms with Crippen molar-refractivity contribution in [2.75, 3.05) is 5.73 Å². The van der Waals surface area contributed by atoms with Crippen LogP contribution >= 0.6 is 23.1 Å². The van der Waals surface area contributed by atoms with Crippen LogP contribution in [0.15, 0.2) is 46.8 Å². The lowest BCUT2D eigenvalue weighted by Gasteiger charge is -2.01. The Morgan fingerprint density at radius 1 is 1.17 bits per heavy atom. The summed E-state index contributed by atoms with van der Waals surface area (Å²) in [5, 5.41) is 1.79. The highest BCUT2D eigenvalue weighted by molar-refractivity contribution is 8.00. The molecule has 3 rings (SSSR count). The molecular weight excluding hydrogens is 262 g/mol. The first-order valence-electron chi connectivity index (χ1n) is 5.50. The predicted octanol–water partition coefficient (Wildman–Crippen LogP) is 3.57. The van der Waals surface area contributed by atoms with Crippen LogP contribution < -0.4 is 5.73 Å². The van der Waals surface area contributed by atoms with E-state index < -0.39 is 0 Å². The highest BCUT2D eigenvalue weighted by atomic mass is 32.2. The van der Waals surface area contributed by atoms with E-state index in [2.05, 4.69) is 28.2 Å². The fourth-order valence-electron chi connectivity index (χ4n) is 1.67. The summed E-state index contributed by atoms with van der Waals surface area (Å²) < 4.78 is 1.13. The van der Waals surface area contributed by atoms with Gasteiger partial charge in [0.05, 0.1) is 21.6 Å². The summed E-state index contributed by atoms with van der Waals surface area (Å²) in [6.07, 6.45) is 1.81. The number of thioether (sulfide) groups is 1. The van der Waals surface area contributed by atoms with Gasteiger partial charge in [0.15, 0.2) is 5.13 Å². The lowest BCUT2D eigenvalue weighted by molar-refractivity contribution is 1.22. The van der Waals surface area contributed by atoms with Crippen molar-refractivity contribution in [3.05, 3.63) is 48.3 Å². The average Bonchev–Trinajstić information content (AvgIpc) is 2.82. The molecule has 0 amide bonds. The molecule has 2 heterocycles. The molecule has 0 fully saturated rings. The van der Waals surface area contributed by atoms with E-state index in [1.807, 2.05) is 24.4 Å². The molecule has 0 aliphatic rings. The molecule has 0 bridgehead atoms. The zero-order chi connectivity index (χ0) is 12.4. The second-order valence-electron chi connectivity index (χ2n) is 3.80. The number of hydrogen-bond acceptors (Lipinski definition) is 5. The fraction of sp³-hybridized carbons (Fsp3) is 0.0769. The van der Waals surface area contributed by atoms with Gasteiger partial charge in [0.2, 0.25) is 0 Å². The maximum Gasteiger partial charge on any atom is 0.181 e. The SMILES string of the molecule is Nc1ncc(SCc2ccc3ccccc3n2)s1. The van der Waals surface area contributed by atoms with Crippen molar-refractivity contribution in [3.63, 3.8) is 0 Å². The van der Waals surface area contributed by atoms with Gasteiger partial charge in [-0.2, -0.15) is 0 Å². The van der Waals surface area contributed by atoms with Crippen molar-refractivity contribution in [2.45, 2.75) is 9.96 Å². The second kappa shape index (κ2) is 4.96. The Hall–Kier alpha value is -1.59. The normalized spacial score (nSPS) is 10.9. The highest BCUT2D eigenvalue weighted by Gasteiger charge is 2.02. The van der Waals surface area contributed by atoms with Gasteiger partial charge in [0.1, 0.15) is 0 Å². The zero-order valence-corrected chi connectivity index (χ0v) is 11.2. The van der Waals surface area contributed by atoms with Gasteiger partial charge in [-0.1, -0.05) is 35.6 Å². The molecule has 0 saturated carbocycles. The number of anilines is 1. The average molecular weight is 273 g/mol. The molecule has 90 valence electrons. The van der Waals surface area contributed by atoms with Crippen molar-refractivity contribution in [3.8, 4) is 0 Å².